The second kappa shape index (κ2) is 5.20. The largest absolute Gasteiger partial charge is 0.396 e. The van der Waals surface area contributed by atoms with E-state index in [4.69, 9.17) is 5.73 Å². The maximum absolute atomic E-state index is 13.3. The van der Waals surface area contributed by atoms with Crippen LogP contribution in [0.3, 0.4) is 0 Å². The molecule has 1 amide bonds. The molecule has 0 unspecified atom stereocenters. The third kappa shape index (κ3) is 2.96. The summed E-state index contributed by atoms with van der Waals surface area (Å²) in [5.74, 6) is -1.07. The summed E-state index contributed by atoms with van der Waals surface area (Å²) in [5.41, 5.74) is 6.32. The molecule has 106 valence electrons. The maximum atomic E-state index is 13.3. The lowest BCUT2D eigenvalue weighted by Crippen LogP contribution is -2.16. The quantitative estimate of drug-likeness (QED) is 0.834. The number of halogens is 1. The number of nitrogens with one attached hydrogen (secondary N) is 1. The van der Waals surface area contributed by atoms with Crippen LogP contribution in [0.2, 0.25) is 0 Å². The molecule has 0 bridgehead atoms. The lowest BCUT2D eigenvalue weighted by Gasteiger charge is -2.14. The molecule has 0 aliphatic heterocycles. The smallest absolute Gasteiger partial charge is 0.259 e. The van der Waals surface area contributed by atoms with E-state index < -0.39 is 11.7 Å². The van der Waals surface area contributed by atoms with Gasteiger partial charge in [-0.1, -0.05) is 26.8 Å². The Bertz CT molecular complexity index is 646. The number of amides is 1. The van der Waals surface area contributed by atoms with Crippen molar-refractivity contribution in [1.29, 1.82) is 0 Å². The van der Waals surface area contributed by atoms with Gasteiger partial charge in [-0.05, 0) is 12.1 Å². The maximum Gasteiger partial charge on any atom is 0.259 e. The van der Waals surface area contributed by atoms with Gasteiger partial charge >= 0.3 is 0 Å². The van der Waals surface area contributed by atoms with Crippen LogP contribution in [-0.2, 0) is 5.41 Å². The van der Waals surface area contributed by atoms with Crippen molar-refractivity contribution in [3.8, 4) is 0 Å². The topological polar surface area (TPSA) is 68.0 Å². The lowest BCUT2D eigenvalue weighted by molar-refractivity contribution is 0.102. The number of hydrogen-bond donors (Lipinski definition) is 2. The minimum absolute atomic E-state index is 0.0860. The number of benzene rings is 1. The number of carbonyl (C=O) groups excluding carboxylic acids is 1. The van der Waals surface area contributed by atoms with Crippen LogP contribution < -0.4 is 11.1 Å². The van der Waals surface area contributed by atoms with Gasteiger partial charge in [0.25, 0.3) is 5.91 Å². The highest BCUT2D eigenvalue weighted by molar-refractivity contribution is 7.14. The zero-order valence-electron chi connectivity index (χ0n) is 11.5. The summed E-state index contributed by atoms with van der Waals surface area (Å²) in [6.45, 7) is 6.12. The molecule has 1 aromatic carbocycles. The van der Waals surface area contributed by atoms with Crippen molar-refractivity contribution < 1.29 is 9.18 Å². The summed E-state index contributed by atoms with van der Waals surface area (Å²) in [7, 11) is 0. The van der Waals surface area contributed by atoms with Crippen molar-refractivity contribution in [2.45, 2.75) is 26.2 Å². The average Bonchev–Trinajstić information content (AvgIpc) is 2.81. The molecule has 1 aromatic heterocycles. The van der Waals surface area contributed by atoms with Gasteiger partial charge in [0, 0.05) is 10.8 Å². The summed E-state index contributed by atoms with van der Waals surface area (Å²) < 4.78 is 13.3. The Kier molecular flexibility index (Phi) is 3.76. The summed E-state index contributed by atoms with van der Waals surface area (Å²) >= 11 is 1.33. The molecule has 0 aliphatic carbocycles. The SMILES string of the molecule is CC(C)(C)c1csc(NC(=O)c2cccc(F)c2N)n1. The van der Waals surface area contributed by atoms with Crippen LogP contribution in [-0.4, -0.2) is 10.9 Å². The lowest BCUT2D eigenvalue weighted by atomic mass is 9.93. The average molecular weight is 293 g/mol. The van der Waals surface area contributed by atoms with Gasteiger partial charge in [0.05, 0.1) is 16.9 Å². The first-order valence-electron chi connectivity index (χ1n) is 6.10. The number of thiazole rings is 1. The van der Waals surface area contributed by atoms with Gasteiger partial charge in [-0.2, -0.15) is 0 Å². The number of nitrogen functional groups attached to an aromatic ring is 1. The first-order chi connectivity index (χ1) is 9.29. The number of aromatic nitrogens is 1. The normalized spacial score (nSPS) is 11.4. The highest BCUT2D eigenvalue weighted by atomic mass is 32.1. The molecular weight excluding hydrogens is 277 g/mol. The van der Waals surface area contributed by atoms with Gasteiger partial charge in [0.1, 0.15) is 5.82 Å². The summed E-state index contributed by atoms with van der Waals surface area (Å²) in [6, 6.07) is 4.14. The number of nitrogens with zero attached hydrogens (tertiary/aromatic N) is 1. The Balaban J connectivity index is 2.20. The van der Waals surface area contributed by atoms with Gasteiger partial charge in [0.2, 0.25) is 0 Å². The molecule has 20 heavy (non-hydrogen) atoms. The van der Waals surface area contributed by atoms with Crippen molar-refractivity contribution in [2.24, 2.45) is 0 Å². The number of rotatable bonds is 2. The third-order valence-electron chi connectivity index (χ3n) is 2.79. The predicted molar refractivity (Wildman–Crippen MR) is 79.6 cm³/mol. The van der Waals surface area contributed by atoms with Crippen LogP contribution in [0.25, 0.3) is 0 Å². The number of hydrogen-bond acceptors (Lipinski definition) is 4. The molecule has 0 spiro atoms. The van der Waals surface area contributed by atoms with Crippen LogP contribution in [0.5, 0.6) is 0 Å². The zero-order valence-corrected chi connectivity index (χ0v) is 12.3. The fraction of sp³-hybridized carbons (Fsp3) is 0.286. The summed E-state index contributed by atoms with van der Waals surface area (Å²) in [4.78, 5) is 16.4. The van der Waals surface area contributed by atoms with Gasteiger partial charge < -0.3 is 5.73 Å². The molecule has 2 aromatic rings. The van der Waals surface area contributed by atoms with E-state index in [1.165, 1.54) is 29.5 Å². The minimum Gasteiger partial charge on any atom is -0.396 e. The Morgan fingerprint density at radius 3 is 2.70 bits per heavy atom. The monoisotopic (exact) mass is 293 g/mol. The third-order valence-corrected chi connectivity index (χ3v) is 3.55. The minimum atomic E-state index is -0.604. The second-order valence-corrected chi connectivity index (χ2v) is 6.30. The van der Waals surface area contributed by atoms with E-state index in [1.54, 1.807) is 0 Å². The predicted octanol–water partition coefficient (Wildman–Crippen LogP) is 3.41. The standard InChI is InChI=1S/C14H16FN3OS/c1-14(2,3)10-7-20-13(17-10)18-12(19)8-5-4-6-9(15)11(8)16/h4-7H,16H2,1-3H3,(H,17,18,19). The van der Waals surface area contributed by atoms with Crippen molar-refractivity contribution in [3.63, 3.8) is 0 Å². The van der Waals surface area contributed by atoms with Gasteiger partial charge in [0.15, 0.2) is 5.13 Å². The highest BCUT2D eigenvalue weighted by Crippen LogP contribution is 2.27. The molecule has 0 radical (unpaired) electrons. The molecule has 0 aliphatic rings. The van der Waals surface area contributed by atoms with E-state index in [0.717, 1.165) is 5.69 Å². The van der Waals surface area contributed by atoms with E-state index in [1.807, 2.05) is 26.2 Å². The molecule has 3 N–H and O–H groups in total. The Labute approximate surface area is 120 Å². The Morgan fingerprint density at radius 2 is 2.10 bits per heavy atom. The Morgan fingerprint density at radius 1 is 1.40 bits per heavy atom. The van der Waals surface area contributed by atoms with Gasteiger partial charge in [-0.15, -0.1) is 11.3 Å². The number of anilines is 2. The fourth-order valence-corrected chi connectivity index (χ4v) is 2.51. The zero-order chi connectivity index (χ0) is 14.9. The van der Waals surface area contributed by atoms with Crippen molar-refractivity contribution >= 4 is 28.1 Å². The summed E-state index contributed by atoms with van der Waals surface area (Å²) in [5, 5.41) is 5.01. The molecule has 1 heterocycles. The molecule has 2 rings (SSSR count). The molecule has 0 atom stereocenters. The summed E-state index contributed by atoms with van der Waals surface area (Å²) in [6.07, 6.45) is 0. The molecule has 0 saturated carbocycles. The van der Waals surface area contributed by atoms with Crippen LogP contribution in [0.15, 0.2) is 23.6 Å². The van der Waals surface area contributed by atoms with Gasteiger partial charge in [-0.3, -0.25) is 10.1 Å². The molecule has 0 fully saturated rings. The van der Waals surface area contributed by atoms with E-state index in [9.17, 15) is 9.18 Å². The fourth-order valence-electron chi connectivity index (χ4n) is 1.58. The van der Waals surface area contributed by atoms with E-state index in [0.29, 0.717) is 5.13 Å². The first kappa shape index (κ1) is 14.5. The first-order valence-corrected chi connectivity index (χ1v) is 6.98. The van der Waals surface area contributed by atoms with Crippen LogP contribution in [0, 0.1) is 5.82 Å². The van der Waals surface area contributed by atoms with Crippen molar-refractivity contribution in [1.82, 2.24) is 4.98 Å². The van der Waals surface area contributed by atoms with E-state index >= 15 is 0 Å². The van der Waals surface area contributed by atoms with Crippen LogP contribution >= 0.6 is 11.3 Å². The molecule has 6 heteroatoms. The number of para-hydroxylation sites is 1. The molecule has 4 nitrogen and oxygen atoms in total. The highest BCUT2D eigenvalue weighted by Gasteiger charge is 2.19. The van der Waals surface area contributed by atoms with Crippen molar-refractivity contribution in [2.75, 3.05) is 11.1 Å². The van der Waals surface area contributed by atoms with Gasteiger partial charge in [-0.25, -0.2) is 9.37 Å². The van der Waals surface area contributed by atoms with Crippen LogP contribution in [0.1, 0.15) is 36.8 Å². The van der Waals surface area contributed by atoms with E-state index in [-0.39, 0.29) is 16.7 Å². The molecule has 0 saturated heterocycles. The second-order valence-electron chi connectivity index (χ2n) is 5.44. The van der Waals surface area contributed by atoms with Crippen LogP contribution in [0.4, 0.5) is 15.2 Å². The number of carbonyl (C=O) groups is 1. The van der Waals surface area contributed by atoms with E-state index in [2.05, 4.69) is 10.3 Å². The Hall–Kier alpha value is -1.95. The number of nitrogens with two attached hydrogens (primary N) is 1. The molecular formula is C14H16FN3OS. The van der Waals surface area contributed by atoms with Crippen molar-refractivity contribution in [3.05, 3.63) is 40.7 Å².